The van der Waals surface area contributed by atoms with Gasteiger partial charge < -0.3 is 26.0 Å². The van der Waals surface area contributed by atoms with Crippen LogP contribution in [-0.2, 0) is 9.53 Å². The Balaban J connectivity index is 0.000000494. The Bertz CT molecular complexity index is 250. The van der Waals surface area contributed by atoms with Crippen LogP contribution in [0.25, 0.3) is 0 Å². The molecule has 108 valence electrons. The van der Waals surface area contributed by atoms with E-state index in [-0.39, 0.29) is 24.5 Å². The number of carbonyl (C=O) groups is 1. The van der Waals surface area contributed by atoms with Gasteiger partial charge in [0, 0.05) is 19.9 Å². The zero-order chi connectivity index (χ0) is 14.3. The minimum Gasteiger partial charge on any atom is -0.394 e. The summed E-state index contributed by atoms with van der Waals surface area (Å²) in [7, 11) is 1.60. The summed E-state index contributed by atoms with van der Waals surface area (Å²) >= 11 is 0. The van der Waals surface area contributed by atoms with Gasteiger partial charge in [0.15, 0.2) is 0 Å². The molecule has 5 N–H and O–H groups in total. The number of carbonyl (C=O) groups excluding carboxylic acids is 1. The maximum absolute atomic E-state index is 9.79. The van der Waals surface area contributed by atoms with E-state index < -0.39 is 18.2 Å². The summed E-state index contributed by atoms with van der Waals surface area (Å²) in [5, 5.41) is 21.1. The topological polar surface area (TPSA) is 105 Å². The van der Waals surface area contributed by atoms with E-state index in [4.69, 9.17) is 15.6 Å². The Hall–Kier alpha value is -0.690. The van der Waals surface area contributed by atoms with Crippen molar-refractivity contribution < 1.29 is 19.7 Å². The molecule has 0 spiro atoms. The van der Waals surface area contributed by atoms with Crippen LogP contribution >= 0.6 is 0 Å². The number of nitrogens with one attached hydrogen (secondary N) is 1. The van der Waals surface area contributed by atoms with Gasteiger partial charge in [-0.25, -0.2) is 0 Å². The van der Waals surface area contributed by atoms with E-state index in [1.54, 1.807) is 7.05 Å². The third-order valence-electron chi connectivity index (χ3n) is 3.26. The Morgan fingerprint density at radius 2 is 2.00 bits per heavy atom. The normalized spacial score (nSPS) is 35.4. The molecule has 0 aromatic carbocycles. The number of hydrogen-bond acceptors (Lipinski definition) is 5. The van der Waals surface area contributed by atoms with E-state index in [0.717, 1.165) is 6.42 Å². The molecule has 0 aromatic heterocycles. The average molecular weight is 262 g/mol. The number of hydrogen-bond donors (Lipinski definition) is 4. The fraction of sp³-hybridized carbons (Fsp3) is 0.917. The number of amides is 1. The van der Waals surface area contributed by atoms with Crippen molar-refractivity contribution in [3.05, 3.63) is 0 Å². The first-order chi connectivity index (χ1) is 8.38. The summed E-state index contributed by atoms with van der Waals surface area (Å²) in [4.78, 5) is 9.70. The highest BCUT2D eigenvalue weighted by atomic mass is 16.5. The van der Waals surface area contributed by atoms with Crippen molar-refractivity contribution >= 4 is 5.91 Å². The van der Waals surface area contributed by atoms with E-state index in [9.17, 15) is 9.90 Å². The molecule has 1 aliphatic heterocycles. The third kappa shape index (κ3) is 4.89. The molecule has 0 aliphatic carbocycles. The van der Waals surface area contributed by atoms with Crippen molar-refractivity contribution in [2.24, 2.45) is 11.7 Å². The maximum atomic E-state index is 9.79. The SMILES string of the molecule is CC[C@@H]1C(C)O[C@@H](CO)C(N)[C@@H]1O.CNC(C)=O. The van der Waals surface area contributed by atoms with Crippen LogP contribution in [0.3, 0.4) is 0 Å². The van der Waals surface area contributed by atoms with Crippen LogP contribution in [0.1, 0.15) is 27.2 Å². The predicted octanol–water partition coefficient (Wildman–Crippen LogP) is -0.767. The lowest BCUT2D eigenvalue weighted by Crippen LogP contribution is -2.58. The van der Waals surface area contributed by atoms with Gasteiger partial charge in [-0.15, -0.1) is 0 Å². The van der Waals surface area contributed by atoms with Crippen LogP contribution < -0.4 is 11.1 Å². The monoisotopic (exact) mass is 262 g/mol. The first-order valence-electron chi connectivity index (χ1n) is 6.27. The second-order valence-electron chi connectivity index (χ2n) is 4.51. The second-order valence-corrected chi connectivity index (χ2v) is 4.51. The zero-order valence-corrected chi connectivity index (χ0v) is 11.6. The molecule has 6 heteroatoms. The van der Waals surface area contributed by atoms with Crippen LogP contribution in [0.4, 0.5) is 0 Å². The second kappa shape index (κ2) is 8.42. The van der Waals surface area contributed by atoms with E-state index in [0.29, 0.717) is 0 Å². The van der Waals surface area contributed by atoms with Crippen LogP contribution in [-0.4, -0.2) is 54.1 Å². The fourth-order valence-electron chi connectivity index (χ4n) is 1.99. The molecule has 6 nitrogen and oxygen atoms in total. The van der Waals surface area contributed by atoms with Crippen LogP contribution in [0.5, 0.6) is 0 Å². The molecule has 1 heterocycles. The molecule has 2 unspecified atom stereocenters. The largest absolute Gasteiger partial charge is 0.394 e. The molecular weight excluding hydrogens is 236 g/mol. The summed E-state index contributed by atoms with van der Waals surface area (Å²) < 4.78 is 5.49. The van der Waals surface area contributed by atoms with Crippen LogP contribution in [0.15, 0.2) is 0 Å². The molecule has 0 aromatic rings. The highest BCUT2D eigenvalue weighted by Gasteiger charge is 2.39. The van der Waals surface area contributed by atoms with Crippen molar-refractivity contribution in [2.75, 3.05) is 13.7 Å². The summed E-state index contributed by atoms with van der Waals surface area (Å²) in [6.07, 6.45) is -0.176. The highest BCUT2D eigenvalue weighted by Crippen LogP contribution is 2.26. The van der Waals surface area contributed by atoms with Crippen molar-refractivity contribution in [1.29, 1.82) is 0 Å². The third-order valence-corrected chi connectivity index (χ3v) is 3.26. The molecule has 1 saturated heterocycles. The molecule has 18 heavy (non-hydrogen) atoms. The Morgan fingerprint density at radius 3 is 2.33 bits per heavy atom. The molecule has 5 atom stereocenters. The fourth-order valence-corrected chi connectivity index (χ4v) is 1.99. The Morgan fingerprint density at radius 1 is 1.50 bits per heavy atom. The predicted molar refractivity (Wildman–Crippen MR) is 68.9 cm³/mol. The first kappa shape index (κ1) is 17.3. The van der Waals surface area contributed by atoms with E-state index in [1.165, 1.54) is 6.92 Å². The molecule has 1 rings (SSSR count). The van der Waals surface area contributed by atoms with Crippen LogP contribution in [0.2, 0.25) is 0 Å². The van der Waals surface area contributed by atoms with Gasteiger partial charge >= 0.3 is 0 Å². The van der Waals surface area contributed by atoms with Crippen LogP contribution in [0, 0.1) is 5.92 Å². The van der Waals surface area contributed by atoms with Gasteiger partial charge in [-0.3, -0.25) is 4.79 Å². The minimum absolute atomic E-state index is 0.00463. The lowest BCUT2D eigenvalue weighted by molar-refractivity contribution is -0.153. The maximum Gasteiger partial charge on any atom is 0.216 e. The minimum atomic E-state index is -0.564. The number of ether oxygens (including phenoxy) is 1. The smallest absolute Gasteiger partial charge is 0.216 e. The number of nitrogens with two attached hydrogens (primary N) is 1. The standard InChI is InChI=1S/C9H19NO3.C3H7NO/c1-3-6-5(2)13-7(4-11)8(10)9(6)12;1-3(5)4-2/h5-9,11-12H,3-4,10H2,1-2H3;1-2H3,(H,4,5)/t5?,6-,7+,8?,9-;/m1./s1. The van der Waals surface area contributed by atoms with Gasteiger partial charge in [-0.1, -0.05) is 6.92 Å². The molecule has 1 aliphatic rings. The quantitative estimate of drug-likeness (QED) is 0.523. The van der Waals surface area contributed by atoms with Gasteiger partial charge in [0.2, 0.25) is 5.91 Å². The summed E-state index contributed by atoms with van der Waals surface area (Å²) in [6, 6.07) is -0.467. The van der Waals surface area contributed by atoms with Gasteiger partial charge in [0.05, 0.1) is 31.0 Å². The lowest BCUT2D eigenvalue weighted by Gasteiger charge is -2.41. The van der Waals surface area contributed by atoms with Gasteiger partial charge in [0.25, 0.3) is 0 Å². The zero-order valence-electron chi connectivity index (χ0n) is 11.6. The Labute approximate surface area is 109 Å². The van der Waals surface area contributed by atoms with Crippen molar-refractivity contribution in [2.45, 2.75) is 51.5 Å². The van der Waals surface area contributed by atoms with E-state index in [2.05, 4.69) is 5.32 Å². The number of aliphatic hydroxyl groups excluding tert-OH is 2. The summed E-state index contributed by atoms with van der Waals surface area (Å²) in [5.41, 5.74) is 5.73. The molecule has 0 radical (unpaired) electrons. The first-order valence-corrected chi connectivity index (χ1v) is 6.27. The molecule has 1 fully saturated rings. The van der Waals surface area contributed by atoms with E-state index >= 15 is 0 Å². The Kier molecular flexibility index (Phi) is 8.10. The van der Waals surface area contributed by atoms with Gasteiger partial charge in [-0.2, -0.15) is 0 Å². The number of rotatable bonds is 2. The molecule has 1 amide bonds. The van der Waals surface area contributed by atoms with Gasteiger partial charge in [-0.05, 0) is 13.3 Å². The van der Waals surface area contributed by atoms with E-state index in [1.807, 2.05) is 13.8 Å². The molecule has 0 bridgehead atoms. The molecule has 0 saturated carbocycles. The lowest BCUT2D eigenvalue weighted by atomic mass is 9.84. The summed E-state index contributed by atoms with van der Waals surface area (Å²) in [6.45, 7) is 5.25. The highest BCUT2D eigenvalue weighted by molar-refractivity contribution is 5.72. The van der Waals surface area contributed by atoms with Crippen molar-refractivity contribution in [1.82, 2.24) is 5.32 Å². The van der Waals surface area contributed by atoms with Gasteiger partial charge in [0.1, 0.15) is 0 Å². The number of aliphatic hydroxyl groups is 2. The van der Waals surface area contributed by atoms with Crippen molar-refractivity contribution in [3.63, 3.8) is 0 Å². The van der Waals surface area contributed by atoms with Crippen molar-refractivity contribution in [3.8, 4) is 0 Å². The summed E-state index contributed by atoms with van der Waals surface area (Å²) in [5.74, 6) is 0.0859. The molecular formula is C12H26N2O4. The average Bonchev–Trinajstić information content (AvgIpc) is 2.35.